The summed E-state index contributed by atoms with van der Waals surface area (Å²) < 4.78 is 1.45. The van der Waals surface area contributed by atoms with Crippen LogP contribution in [0.25, 0.3) is 16.7 Å². The van der Waals surface area contributed by atoms with Crippen molar-refractivity contribution in [2.75, 3.05) is 5.73 Å². The molecular formula is C13H10N4O2. The van der Waals surface area contributed by atoms with Gasteiger partial charge in [0.15, 0.2) is 0 Å². The molecule has 6 heteroatoms. The number of anilines is 1. The van der Waals surface area contributed by atoms with Gasteiger partial charge in [-0.05, 0) is 24.3 Å². The van der Waals surface area contributed by atoms with E-state index in [9.17, 15) is 9.90 Å². The number of nitrogen functional groups attached to an aromatic ring is 1. The van der Waals surface area contributed by atoms with E-state index in [4.69, 9.17) is 5.73 Å². The Morgan fingerprint density at radius 1 is 1.16 bits per heavy atom. The largest absolute Gasteiger partial charge is 0.478 e. The van der Waals surface area contributed by atoms with E-state index in [1.54, 1.807) is 18.2 Å². The molecule has 2 aromatic carbocycles. The minimum absolute atomic E-state index is 0.0932. The number of carboxylic acids is 1. The Balaban J connectivity index is 2.36. The molecule has 0 radical (unpaired) electrons. The number of nitrogens with two attached hydrogens (primary N) is 1. The molecule has 0 aliphatic heterocycles. The van der Waals surface area contributed by atoms with Gasteiger partial charge in [-0.1, -0.05) is 23.4 Å². The van der Waals surface area contributed by atoms with Crippen LogP contribution < -0.4 is 5.73 Å². The molecule has 0 amide bonds. The molecule has 3 rings (SSSR count). The molecule has 0 bridgehead atoms. The molecule has 6 nitrogen and oxygen atoms in total. The van der Waals surface area contributed by atoms with E-state index in [1.807, 2.05) is 18.2 Å². The fourth-order valence-electron chi connectivity index (χ4n) is 2.00. The molecule has 0 fully saturated rings. The number of aromatic nitrogens is 3. The van der Waals surface area contributed by atoms with Gasteiger partial charge in [-0.2, -0.15) is 0 Å². The number of rotatable bonds is 2. The van der Waals surface area contributed by atoms with Crippen LogP contribution in [0.1, 0.15) is 10.4 Å². The van der Waals surface area contributed by atoms with Gasteiger partial charge in [0.1, 0.15) is 11.2 Å². The van der Waals surface area contributed by atoms with Crippen molar-refractivity contribution in [3.63, 3.8) is 0 Å². The third-order valence-corrected chi connectivity index (χ3v) is 2.86. The Hall–Kier alpha value is -2.89. The average Bonchev–Trinajstić information content (AvgIpc) is 2.82. The van der Waals surface area contributed by atoms with Crippen LogP contribution in [0.4, 0.5) is 5.69 Å². The predicted molar refractivity (Wildman–Crippen MR) is 70.2 cm³/mol. The summed E-state index contributed by atoms with van der Waals surface area (Å²) in [6.45, 7) is 0. The highest BCUT2D eigenvalue weighted by Gasteiger charge is 2.17. The molecule has 1 aromatic heterocycles. The standard InChI is InChI=1S/C13H10N4O2/c14-9-5-3-4-8(13(18)19)12(9)17-11-7-2-1-6-10(11)15-16-17/h1-7H,14H2,(H,18,19). The molecule has 1 heterocycles. The summed E-state index contributed by atoms with van der Waals surface area (Å²) in [5.41, 5.74) is 8.06. The maximum absolute atomic E-state index is 11.3. The number of aromatic carboxylic acids is 1. The summed E-state index contributed by atoms with van der Waals surface area (Å²) in [5, 5.41) is 17.2. The van der Waals surface area contributed by atoms with Crippen LogP contribution in [-0.2, 0) is 0 Å². The maximum atomic E-state index is 11.3. The molecule has 0 saturated carbocycles. The van der Waals surface area contributed by atoms with E-state index in [2.05, 4.69) is 10.3 Å². The first-order valence-corrected chi connectivity index (χ1v) is 5.61. The lowest BCUT2D eigenvalue weighted by Gasteiger charge is -2.09. The predicted octanol–water partition coefficient (Wildman–Crippen LogP) is 1.70. The van der Waals surface area contributed by atoms with Gasteiger partial charge in [0.05, 0.1) is 16.8 Å². The second-order valence-corrected chi connectivity index (χ2v) is 4.04. The van der Waals surface area contributed by atoms with Gasteiger partial charge in [0.2, 0.25) is 0 Å². The first kappa shape index (κ1) is 11.2. The molecular weight excluding hydrogens is 244 g/mol. The normalized spacial score (nSPS) is 10.7. The van der Waals surface area contributed by atoms with Crippen molar-refractivity contribution in [3.05, 3.63) is 48.0 Å². The van der Waals surface area contributed by atoms with Gasteiger partial charge in [-0.3, -0.25) is 0 Å². The van der Waals surface area contributed by atoms with Gasteiger partial charge in [-0.25, -0.2) is 9.48 Å². The van der Waals surface area contributed by atoms with Crippen LogP contribution in [0.3, 0.4) is 0 Å². The monoisotopic (exact) mass is 254 g/mol. The van der Waals surface area contributed by atoms with Gasteiger partial charge < -0.3 is 10.8 Å². The van der Waals surface area contributed by atoms with Crippen LogP contribution in [-0.4, -0.2) is 26.1 Å². The zero-order valence-corrected chi connectivity index (χ0v) is 9.82. The highest BCUT2D eigenvalue weighted by Crippen LogP contribution is 2.24. The van der Waals surface area contributed by atoms with Crippen LogP contribution in [0.5, 0.6) is 0 Å². The number of carbonyl (C=O) groups is 1. The summed E-state index contributed by atoms with van der Waals surface area (Å²) in [5.74, 6) is -1.05. The van der Waals surface area contributed by atoms with Gasteiger partial charge in [0.25, 0.3) is 0 Å². The van der Waals surface area contributed by atoms with Crippen LogP contribution in [0.15, 0.2) is 42.5 Å². The van der Waals surface area contributed by atoms with Crippen LogP contribution in [0.2, 0.25) is 0 Å². The van der Waals surface area contributed by atoms with Crippen molar-refractivity contribution in [3.8, 4) is 5.69 Å². The molecule has 0 spiro atoms. The van der Waals surface area contributed by atoms with Crippen molar-refractivity contribution in [1.82, 2.24) is 15.0 Å². The Kier molecular flexibility index (Phi) is 2.42. The van der Waals surface area contributed by atoms with Crippen molar-refractivity contribution in [1.29, 1.82) is 0 Å². The maximum Gasteiger partial charge on any atom is 0.337 e. The third-order valence-electron chi connectivity index (χ3n) is 2.86. The Bertz CT molecular complexity index is 779. The number of hydrogen-bond acceptors (Lipinski definition) is 4. The molecule has 0 aliphatic rings. The Morgan fingerprint density at radius 2 is 1.95 bits per heavy atom. The second-order valence-electron chi connectivity index (χ2n) is 4.04. The molecule has 3 N–H and O–H groups in total. The van der Waals surface area contributed by atoms with Gasteiger partial charge in [-0.15, -0.1) is 5.10 Å². The average molecular weight is 254 g/mol. The number of benzene rings is 2. The minimum Gasteiger partial charge on any atom is -0.478 e. The molecule has 0 atom stereocenters. The summed E-state index contributed by atoms with van der Waals surface area (Å²) in [4.78, 5) is 11.3. The minimum atomic E-state index is -1.05. The highest BCUT2D eigenvalue weighted by molar-refractivity contribution is 5.95. The molecule has 19 heavy (non-hydrogen) atoms. The smallest absolute Gasteiger partial charge is 0.337 e. The lowest BCUT2D eigenvalue weighted by atomic mass is 10.1. The van der Waals surface area contributed by atoms with E-state index < -0.39 is 5.97 Å². The molecule has 0 unspecified atom stereocenters. The van der Waals surface area contributed by atoms with E-state index in [1.165, 1.54) is 10.7 Å². The van der Waals surface area contributed by atoms with E-state index in [0.717, 1.165) is 0 Å². The Morgan fingerprint density at radius 3 is 2.74 bits per heavy atom. The third kappa shape index (κ3) is 1.70. The summed E-state index contributed by atoms with van der Waals surface area (Å²) in [7, 11) is 0. The van der Waals surface area contributed by atoms with Crippen molar-refractivity contribution in [2.45, 2.75) is 0 Å². The van der Waals surface area contributed by atoms with Crippen LogP contribution in [0, 0.1) is 0 Å². The summed E-state index contributed by atoms with van der Waals surface area (Å²) in [6, 6.07) is 12.0. The highest BCUT2D eigenvalue weighted by atomic mass is 16.4. The summed E-state index contributed by atoms with van der Waals surface area (Å²) >= 11 is 0. The van der Waals surface area contributed by atoms with Crippen molar-refractivity contribution >= 4 is 22.7 Å². The SMILES string of the molecule is Nc1cccc(C(=O)O)c1-n1nnc2ccccc21. The van der Waals surface area contributed by atoms with Crippen LogP contribution >= 0.6 is 0 Å². The lowest BCUT2D eigenvalue weighted by molar-refractivity contribution is 0.0697. The second kappa shape index (κ2) is 4.09. The fraction of sp³-hybridized carbons (Fsp3) is 0. The van der Waals surface area contributed by atoms with E-state index in [-0.39, 0.29) is 5.56 Å². The molecule has 94 valence electrons. The Labute approximate surface area is 108 Å². The quantitative estimate of drug-likeness (QED) is 0.679. The number of hydrogen-bond donors (Lipinski definition) is 2. The van der Waals surface area contributed by atoms with Crippen molar-refractivity contribution in [2.24, 2.45) is 0 Å². The van der Waals surface area contributed by atoms with Gasteiger partial charge >= 0.3 is 5.97 Å². The van der Waals surface area contributed by atoms with E-state index in [0.29, 0.717) is 22.4 Å². The zero-order valence-electron chi connectivity index (χ0n) is 9.82. The van der Waals surface area contributed by atoms with E-state index >= 15 is 0 Å². The first-order chi connectivity index (χ1) is 9.18. The van der Waals surface area contributed by atoms with Crippen molar-refractivity contribution < 1.29 is 9.90 Å². The molecule has 0 saturated heterocycles. The number of nitrogens with zero attached hydrogens (tertiary/aromatic N) is 3. The molecule has 0 aliphatic carbocycles. The lowest BCUT2D eigenvalue weighted by Crippen LogP contribution is -2.09. The number of para-hydroxylation sites is 2. The fourth-order valence-corrected chi connectivity index (χ4v) is 2.00. The van der Waals surface area contributed by atoms with Gasteiger partial charge in [0, 0.05) is 0 Å². The first-order valence-electron chi connectivity index (χ1n) is 5.61. The summed E-state index contributed by atoms with van der Waals surface area (Å²) in [6.07, 6.45) is 0. The number of fused-ring (bicyclic) bond motifs is 1. The zero-order chi connectivity index (χ0) is 13.4. The topological polar surface area (TPSA) is 94.0 Å². The number of carboxylic acid groups (broad SMARTS) is 1. The molecule has 3 aromatic rings.